The second-order valence-corrected chi connectivity index (χ2v) is 6.87. The Hall–Kier alpha value is -2.54. The standard InChI is InChI=1S/C17H20N2O4S/c1-4-23-17-10-9-14(11-16(17)18-13(3)20)24(21,22)19-15-8-6-5-7-12(15)2/h5-11,19H,4H2,1-3H3,(H,18,20). The number of carbonyl (C=O) groups is 1. The lowest BCUT2D eigenvalue weighted by molar-refractivity contribution is -0.114. The Morgan fingerprint density at radius 3 is 2.46 bits per heavy atom. The van der Waals surface area contributed by atoms with Gasteiger partial charge in [0.15, 0.2) is 0 Å². The normalized spacial score (nSPS) is 11.0. The van der Waals surface area contributed by atoms with Gasteiger partial charge < -0.3 is 10.1 Å². The zero-order valence-electron chi connectivity index (χ0n) is 13.8. The monoisotopic (exact) mass is 348 g/mol. The maximum Gasteiger partial charge on any atom is 0.261 e. The first-order valence-electron chi connectivity index (χ1n) is 7.46. The van der Waals surface area contributed by atoms with Crippen molar-refractivity contribution in [2.75, 3.05) is 16.6 Å². The summed E-state index contributed by atoms with van der Waals surface area (Å²) < 4.78 is 33.2. The Bertz CT molecular complexity index is 847. The van der Waals surface area contributed by atoms with Gasteiger partial charge in [0, 0.05) is 6.92 Å². The molecule has 0 unspecified atom stereocenters. The molecule has 0 saturated carbocycles. The minimum Gasteiger partial charge on any atom is -0.492 e. The number of carbonyl (C=O) groups excluding carboxylic acids is 1. The summed E-state index contributed by atoms with van der Waals surface area (Å²) in [6, 6.07) is 11.4. The summed E-state index contributed by atoms with van der Waals surface area (Å²) in [7, 11) is -3.78. The number of sulfonamides is 1. The van der Waals surface area contributed by atoms with Crippen LogP contribution in [0, 0.1) is 6.92 Å². The van der Waals surface area contributed by atoms with Crippen LogP contribution in [0.1, 0.15) is 19.4 Å². The van der Waals surface area contributed by atoms with Gasteiger partial charge in [0.05, 0.1) is 22.9 Å². The predicted molar refractivity (Wildman–Crippen MR) is 93.9 cm³/mol. The van der Waals surface area contributed by atoms with Crippen LogP contribution >= 0.6 is 0 Å². The van der Waals surface area contributed by atoms with Crippen molar-refractivity contribution in [2.45, 2.75) is 25.7 Å². The van der Waals surface area contributed by atoms with Gasteiger partial charge in [-0.05, 0) is 43.7 Å². The lowest BCUT2D eigenvalue weighted by atomic mass is 10.2. The molecule has 7 heteroatoms. The van der Waals surface area contributed by atoms with E-state index in [2.05, 4.69) is 10.0 Å². The molecule has 0 radical (unpaired) electrons. The Morgan fingerprint density at radius 2 is 1.83 bits per heavy atom. The summed E-state index contributed by atoms with van der Waals surface area (Å²) in [6.07, 6.45) is 0. The molecule has 1 amide bonds. The summed E-state index contributed by atoms with van der Waals surface area (Å²) in [5.74, 6) is 0.111. The fraction of sp³-hybridized carbons (Fsp3) is 0.235. The first-order chi connectivity index (χ1) is 11.3. The van der Waals surface area contributed by atoms with Crippen molar-refractivity contribution in [3.63, 3.8) is 0 Å². The largest absolute Gasteiger partial charge is 0.492 e. The molecule has 0 bridgehead atoms. The number of amides is 1. The second kappa shape index (κ2) is 7.35. The fourth-order valence-electron chi connectivity index (χ4n) is 2.14. The van der Waals surface area contributed by atoms with E-state index < -0.39 is 10.0 Å². The van der Waals surface area contributed by atoms with Gasteiger partial charge in [-0.1, -0.05) is 18.2 Å². The van der Waals surface area contributed by atoms with E-state index in [-0.39, 0.29) is 10.8 Å². The van der Waals surface area contributed by atoms with Crippen LogP contribution in [0.3, 0.4) is 0 Å². The van der Waals surface area contributed by atoms with Gasteiger partial charge in [-0.2, -0.15) is 0 Å². The lowest BCUT2D eigenvalue weighted by Crippen LogP contribution is -2.15. The van der Waals surface area contributed by atoms with Gasteiger partial charge >= 0.3 is 0 Å². The van der Waals surface area contributed by atoms with Crippen LogP contribution in [0.5, 0.6) is 5.75 Å². The molecule has 0 aliphatic heterocycles. The summed E-state index contributed by atoms with van der Waals surface area (Å²) in [5.41, 5.74) is 1.64. The SMILES string of the molecule is CCOc1ccc(S(=O)(=O)Nc2ccccc2C)cc1NC(C)=O. The van der Waals surface area contributed by atoms with E-state index in [1.807, 2.05) is 26.0 Å². The number of ether oxygens (including phenoxy) is 1. The zero-order valence-corrected chi connectivity index (χ0v) is 14.6. The Labute approximate surface area is 141 Å². The number of benzene rings is 2. The van der Waals surface area contributed by atoms with Gasteiger partial charge in [0.2, 0.25) is 5.91 Å². The van der Waals surface area contributed by atoms with Gasteiger partial charge in [0.25, 0.3) is 10.0 Å². The highest BCUT2D eigenvalue weighted by Crippen LogP contribution is 2.29. The van der Waals surface area contributed by atoms with E-state index >= 15 is 0 Å². The van der Waals surface area contributed by atoms with E-state index in [1.165, 1.54) is 25.1 Å². The average molecular weight is 348 g/mol. The first-order valence-corrected chi connectivity index (χ1v) is 8.94. The first kappa shape index (κ1) is 17.8. The number of hydrogen-bond acceptors (Lipinski definition) is 4. The van der Waals surface area contributed by atoms with Crippen LogP contribution in [0.25, 0.3) is 0 Å². The van der Waals surface area contributed by atoms with Crippen LogP contribution in [0.4, 0.5) is 11.4 Å². The van der Waals surface area contributed by atoms with Crippen molar-refractivity contribution in [3.05, 3.63) is 48.0 Å². The topological polar surface area (TPSA) is 84.5 Å². The van der Waals surface area contributed by atoms with E-state index in [0.717, 1.165) is 5.56 Å². The highest BCUT2D eigenvalue weighted by Gasteiger charge is 2.18. The molecule has 0 saturated heterocycles. The number of hydrogen-bond donors (Lipinski definition) is 2. The summed E-state index contributed by atoms with van der Waals surface area (Å²) in [6.45, 7) is 5.38. The molecule has 0 aliphatic carbocycles. The molecule has 2 aromatic rings. The van der Waals surface area contributed by atoms with Crippen LogP contribution in [-0.4, -0.2) is 20.9 Å². The van der Waals surface area contributed by atoms with Gasteiger partial charge in [-0.3, -0.25) is 9.52 Å². The Morgan fingerprint density at radius 1 is 1.12 bits per heavy atom. The Kier molecular flexibility index (Phi) is 5.46. The summed E-state index contributed by atoms with van der Waals surface area (Å²) in [4.78, 5) is 11.4. The molecule has 2 N–H and O–H groups in total. The molecule has 2 aromatic carbocycles. The predicted octanol–water partition coefficient (Wildman–Crippen LogP) is 3.15. The molecule has 0 atom stereocenters. The molecule has 2 rings (SSSR count). The van der Waals surface area contributed by atoms with Crippen LogP contribution in [0.2, 0.25) is 0 Å². The van der Waals surface area contributed by atoms with Crippen LogP contribution in [0.15, 0.2) is 47.4 Å². The highest BCUT2D eigenvalue weighted by molar-refractivity contribution is 7.92. The molecule has 0 aliphatic rings. The quantitative estimate of drug-likeness (QED) is 0.840. The number of rotatable bonds is 6. The van der Waals surface area contributed by atoms with Crippen LogP contribution in [-0.2, 0) is 14.8 Å². The highest BCUT2D eigenvalue weighted by atomic mass is 32.2. The fourth-order valence-corrected chi connectivity index (χ4v) is 3.29. The molecular weight excluding hydrogens is 328 g/mol. The third-order valence-electron chi connectivity index (χ3n) is 3.26. The molecule has 128 valence electrons. The third-order valence-corrected chi connectivity index (χ3v) is 4.62. The van der Waals surface area contributed by atoms with Crippen molar-refractivity contribution < 1.29 is 17.9 Å². The summed E-state index contributed by atoms with van der Waals surface area (Å²) >= 11 is 0. The second-order valence-electron chi connectivity index (χ2n) is 5.19. The van der Waals surface area contributed by atoms with E-state index in [0.29, 0.717) is 23.7 Å². The maximum absolute atomic E-state index is 12.6. The molecule has 0 spiro atoms. The van der Waals surface area contributed by atoms with Crippen molar-refractivity contribution >= 4 is 27.3 Å². The molecule has 0 heterocycles. The maximum atomic E-state index is 12.6. The van der Waals surface area contributed by atoms with E-state index in [4.69, 9.17) is 4.74 Å². The number of aryl methyl sites for hydroxylation is 1. The molecule has 0 fully saturated rings. The Balaban J connectivity index is 2.39. The van der Waals surface area contributed by atoms with E-state index in [1.54, 1.807) is 12.1 Å². The van der Waals surface area contributed by atoms with Crippen molar-refractivity contribution in [1.29, 1.82) is 0 Å². The zero-order chi connectivity index (χ0) is 17.7. The van der Waals surface area contributed by atoms with Crippen molar-refractivity contribution in [2.24, 2.45) is 0 Å². The summed E-state index contributed by atoms with van der Waals surface area (Å²) in [5, 5.41) is 2.59. The van der Waals surface area contributed by atoms with Crippen molar-refractivity contribution in [1.82, 2.24) is 0 Å². The number of anilines is 2. The van der Waals surface area contributed by atoms with Gasteiger partial charge in [-0.25, -0.2) is 8.42 Å². The number of para-hydroxylation sites is 1. The number of nitrogens with one attached hydrogen (secondary N) is 2. The minimum atomic E-state index is -3.78. The minimum absolute atomic E-state index is 0.0398. The molecule has 6 nitrogen and oxygen atoms in total. The molecular formula is C17H20N2O4S. The lowest BCUT2D eigenvalue weighted by Gasteiger charge is -2.14. The van der Waals surface area contributed by atoms with Crippen LogP contribution < -0.4 is 14.8 Å². The molecule has 24 heavy (non-hydrogen) atoms. The van der Waals surface area contributed by atoms with E-state index in [9.17, 15) is 13.2 Å². The van der Waals surface area contributed by atoms with Gasteiger partial charge in [0.1, 0.15) is 5.75 Å². The average Bonchev–Trinajstić information content (AvgIpc) is 2.51. The smallest absolute Gasteiger partial charge is 0.261 e. The molecule has 0 aromatic heterocycles. The third kappa shape index (κ3) is 4.26. The van der Waals surface area contributed by atoms with Gasteiger partial charge in [-0.15, -0.1) is 0 Å². The van der Waals surface area contributed by atoms with Crippen molar-refractivity contribution in [3.8, 4) is 5.75 Å².